The molecule has 0 unspecified atom stereocenters. The number of hydrogen-bond acceptors (Lipinski definition) is 3. The average Bonchev–Trinajstić information content (AvgIpc) is 2.75. The van der Waals surface area contributed by atoms with Crippen LogP contribution in [0.2, 0.25) is 0 Å². The molecule has 0 N–H and O–H groups in total. The first-order valence-electron chi connectivity index (χ1n) is 12.1. The van der Waals surface area contributed by atoms with E-state index in [9.17, 15) is 0 Å². The fourth-order valence-electron chi connectivity index (χ4n) is 5.86. The molecule has 0 spiro atoms. The minimum absolute atomic E-state index is 0. The maximum absolute atomic E-state index is 5.53. The Balaban J connectivity index is 0.00000256. The van der Waals surface area contributed by atoms with Gasteiger partial charge in [0.1, 0.15) is 0 Å². The van der Waals surface area contributed by atoms with E-state index in [2.05, 4.69) is 54.8 Å². The van der Waals surface area contributed by atoms with Crippen LogP contribution >= 0.6 is 12.4 Å². The first-order chi connectivity index (χ1) is 14.0. The number of nitrogens with zero attached hydrogens (tertiary/aromatic N) is 2. The highest BCUT2D eigenvalue weighted by Crippen LogP contribution is 2.45. The summed E-state index contributed by atoms with van der Waals surface area (Å²) in [5, 5.41) is 0. The van der Waals surface area contributed by atoms with Crippen LogP contribution < -0.4 is 4.90 Å². The quantitative estimate of drug-likeness (QED) is 0.579. The van der Waals surface area contributed by atoms with Gasteiger partial charge in [0.2, 0.25) is 0 Å². The van der Waals surface area contributed by atoms with E-state index in [0.29, 0.717) is 5.41 Å². The Bertz CT molecular complexity index is 637. The molecule has 1 aliphatic carbocycles. The normalized spacial score (nSPS) is 27.0. The Morgan fingerprint density at radius 2 is 1.50 bits per heavy atom. The maximum atomic E-state index is 5.53. The molecular formula is C26H43ClN2O. The van der Waals surface area contributed by atoms with Crippen LogP contribution in [0.1, 0.15) is 70.8 Å². The van der Waals surface area contributed by atoms with Gasteiger partial charge in [-0.25, -0.2) is 0 Å². The van der Waals surface area contributed by atoms with Crippen molar-refractivity contribution >= 4 is 18.1 Å². The minimum Gasteiger partial charge on any atom is -0.381 e. The topological polar surface area (TPSA) is 15.7 Å². The third-order valence-corrected chi connectivity index (χ3v) is 7.90. The lowest BCUT2D eigenvalue weighted by Gasteiger charge is -2.41. The van der Waals surface area contributed by atoms with Crippen molar-refractivity contribution in [2.45, 2.75) is 65.2 Å². The van der Waals surface area contributed by atoms with E-state index in [1.54, 1.807) is 5.56 Å². The van der Waals surface area contributed by atoms with Crippen LogP contribution in [-0.4, -0.2) is 50.8 Å². The van der Waals surface area contributed by atoms with E-state index in [0.717, 1.165) is 31.0 Å². The fourth-order valence-corrected chi connectivity index (χ4v) is 5.86. The van der Waals surface area contributed by atoms with E-state index in [-0.39, 0.29) is 12.4 Å². The van der Waals surface area contributed by atoms with Gasteiger partial charge in [0.15, 0.2) is 0 Å². The zero-order valence-corrected chi connectivity index (χ0v) is 20.3. The van der Waals surface area contributed by atoms with Crippen LogP contribution in [0.5, 0.6) is 0 Å². The number of halogens is 1. The monoisotopic (exact) mass is 434 g/mol. The van der Waals surface area contributed by atoms with Crippen molar-refractivity contribution in [1.29, 1.82) is 0 Å². The Morgan fingerprint density at radius 1 is 0.867 bits per heavy atom. The molecule has 2 saturated heterocycles. The lowest BCUT2D eigenvalue weighted by Crippen LogP contribution is -2.48. The number of para-hydroxylation sites is 1. The van der Waals surface area contributed by atoms with Crippen molar-refractivity contribution < 1.29 is 4.74 Å². The smallest absolute Gasteiger partial charge is 0.0469 e. The molecule has 0 radical (unpaired) electrons. The molecule has 0 amide bonds. The summed E-state index contributed by atoms with van der Waals surface area (Å²) in [6.45, 7) is 15.3. The number of hydrogen-bond donors (Lipinski definition) is 0. The first kappa shape index (κ1) is 23.9. The number of benzene rings is 1. The Morgan fingerprint density at radius 3 is 2.13 bits per heavy atom. The number of anilines is 1. The van der Waals surface area contributed by atoms with Crippen molar-refractivity contribution in [2.24, 2.45) is 17.3 Å². The van der Waals surface area contributed by atoms with E-state index in [1.807, 2.05) is 0 Å². The summed E-state index contributed by atoms with van der Waals surface area (Å²) in [5.41, 5.74) is 3.61. The highest BCUT2D eigenvalue weighted by molar-refractivity contribution is 5.85. The highest BCUT2D eigenvalue weighted by atomic mass is 35.5. The highest BCUT2D eigenvalue weighted by Gasteiger charge is 2.32. The molecule has 3 fully saturated rings. The predicted molar refractivity (Wildman–Crippen MR) is 130 cm³/mol. The molecule has 3 aliphatic rings. The van der Waals surface area contributed by atoms with Gasteiger partial charge < -0.3 is 9.64 Å². The number of rotatable bonds is 4. The molecule has 1 aromatic rings. The third kappa shape index (κ3) is 5.93. The molecular weight excluding hydrogens is 392 g/mol. The molecule has 170 valence electrons. The SMILES string of the molecule is CC(C)(C)C1CCC(c2ccccc2N2CCN(CC3CCOCC3)CC2)CC1.Cl. The summed E-state index contributed by atoms with van der Waals surface area (Å²) >= 11 is 0. The third-order valence-electron chi connectivity index (χ3n) is 7.90. The van der Waals surface area contributed by atoms with Gasteiger partial charge in [-0.1, -0.05) is 39.0 Å². The summed E-state index contributed by atoms with van der Waals surface area (Å²) in [7, 11) is 0. The molecule has 1 saturated carbocycles. The van der Waals surface area contributed by atoms with Crippen LogP contribution in [0.3, 0.4) is 0 Å². The van der Waals surface area contributed by atoms with Crippen molar-refractivity contribution in [3.8, 4) is 0 Å². The van der Waals surface area contributed by atoms with Crippen molar-refractivity contribution in [1.82, 2.24) is 4.90 Å². The van der Waals surface area contributed by atoms with Gasteiger partial charge in [-0.15, -0.1) is 12.4 Å². The fraction of sp³-hybridized carbons (Fsp3) is 0.769. The number of ether oxygens (including phenoxy) is 1. The Hall–Kier alpha value is -0.770. The minimum atomic E-state index is 0. The zero-order valence-electron chi connectivity index (χ0n) is 19.4. The van der Waals surface area contributed by atoms with Crippen LogP contribution in [-0.2, 0) is 4.74 Å². The summed E-state index contributed by atoms with van der Waals surface area (Å²) in [4.78, 5) is 5.37. The second kappa shape index (κ2) is 10.7. The van der Waals surface area contributed by atoms with Crippen LogP contribution in [0.25, 0.3) is 0 Å². The van der Waals surface area contributed by atoms with E-state index >= 15 is 0 Å². The first-order valence-corrected chi connectivity index (χ1v) is 12.1. The zero-order chi connectivity index (χ0) is 20.3. The maximum Gasteiger partial charge on any atom is 0.0469 e. The van der Waals surface area contributed by atoms with Crippen LogP contribution in [0, 0.1) is 17.3 Å². The molecule has 0 aromatic heterocycles. The second-order valence-electron chi connectivity index (χ2n) is 10.8. The van der Waals surface area contributed by atoms with Gasteiger partial charge in [0, 0.05) is 51.6 Å². The number of piperazine rings is 1. The summed E-state index contributed by atoms with van der Waals surface area (Å²) < 4.78 is 5.53. The lowest BCUT2D eigenvalue weighted by molar-refractivity contribution is 0.0517. The summed E-state index contributed by atoms with van der Waals surface area (Å²) in [5.74, 6) is 2.49. The van der Waals surface area contributed by atoms with Gasteiger partial charge in [0.05, 0.1) is 0 Å². The Labute approximate surface area is 190 Å². The molecule has 4 rings (SSSR count). The van der Waals surface area contributed by atoms with Gasteiger partial charge in [-0.2, -0.15) is 0 Å². The van der Waals surface area contributed by atoms with Gasteiger partial charge >= 0.3 is 0 Å². The van der Waals surface area contributed by atoms with Gasteiger partial charge in [0.25, 0.3) is 0 Å². The van der Waals surface area contributed by atoms with Crippen LogP contribution in [0.15, 0.2) is 24.3 Å². The average molecular weight is 435 g/mol. The molecule has 1 aromatic carbocycles. The molecule has 4 heteroatoms. The summed E-state index contributed by atoms with van der Waals surface area (Å²) in [6.07, 6.45) is 8.01. The Kier molecular flexibility index (Phi) is 8.52. The second-order valence-corrected chi connectivity index (χ2v) is 10.8. The van der Waals surface area contributed by atoms with Crippen molar-refractivity contribution in [3.05, 3.63) is 29.8 Å². The molecule has 2 aliphatic heterocycles. The van der Waals surface area contributed by atoms with Gasteiger partial charge in [-0.05, 0) is 73.3 Å². The molecule has 3 nitrogen and oxygen atoms in total. The largest absolute Gasteiger partial charge is 0.381 e. The van der Waals surface area contributed by atoms with Crippen molar-refractivity contribution in [2.75, 3.05) is 50.8 Å². The standard InChI is InChI=1S/C26H42N2O.ClH/c1-26(2,3)23-10-8-22(9-11-23)24-6-4-5-7-25(24)28-16-14-27(15-17-28)20-21-12-18-29-19-13-21;/h4-7,21-23H,8-20H2,1-3H3;1H. The van der Waals surface area contributed by atoms with Crippen molar-refractivity contribution in [3.63, 3.8) is 0 Å². The van der Waals surface area contributed by atoms with Crippen LogP contribution in [0.4, 0.5) is 5.69 Å². The van der Waals surface area contributed by atoms with E-state index < -0.39 is 0 Å². The molecule has 0 bridgehead atoms. The van der Waals surface area contributed by atoms with Gasteiger partial charge in [-0.3, -0.25) is 4.90 Å². The molecule has 30 heavy (non-hydrogen) atoms. The molecule has 2 heterocycles. The molecule has 0 atom stereocenters. The lowest BCUT2D eigenvalue weighted by atomic mass is 9.68. The van der Waals surface area contributed by atoms with E-state index in [4.69, 9.17) is 4.74 Å². The predicted octanol–water partition coefficient (Wildman–Crippen LogP) is 5.98. The van der Waals surface area contributed by atoms with E-state index in [1.165, 1.54) is 76.9 Å². The summed E-state index contributed by atoms with van der Waals surface area (Å²) in [6, 6.07) is 9.31.